The van der Waals surface area contributed by atoms with Crippen LogP contribution >= 0.6 is 15.9 Å². The molecular formula is C25H23BrN4O2. The number of fused-ring (bicyclic) bond motifs is 1. The van der Waals surface area contributed by atoms with Gasteiger partial charge in [0.15, 0.2) is 0 Å². The number of hydrogen-bond donors (Lipinski definition) is 3. The number of hydrogen-bond acceptors (Lipinski definition) is 3. The first kappa shape index (κ1) is 21.8. The molecule has 1 aromatic heterocycles. The number of nitrogens with one attached hydrogen (secondary N) is 3. The molecule has 3 aromatic carbocycles. The summed E-state index contributed by atoms with van der Waals surface area (Å²) in [7, 11) is 0. The van der Waals surface area contributed by atoms with Gasteiger partial charge >= 0.3 is 0 Å². The van der Waals surface area contributed by atoms with Gasteiger partial charge in [-0.15, -0.1) is 0 Å². The van der Waals surface area contributed by atoms with Crippen LogP contribution in [0.3, 0.4) is 0 Å². The van der Waals surface area contributed by atoms with E-state index >= 15 is 0 Å². The van der Waals surface area contributed by atoms with Crippen LogP contribution in [0.5, 0.6) is 0 Å². The Bertz CT molecular complexity index is 1260. The molecule has 0 aliphatic heterocycles. The Morgan fingerprint density at radius 3 is 2.53 bits per heavy atom. The van der Waals surface area contributed by atoms with Crippen molar-refractivity contribution >= 4 is 44.5 Å². The van der Waals surface area contributed by atoms with Gasteiger partial charge in [0.1, 0.15) is 5.82 Å². The van der Waals surface area contributed by atoms with E-state index in [1.165, 1.54) is 6.92 Å². The molecule has 0 saturated carbocycles. The first-order chi connectivity index (χ1) is 15.5. The van der Waals surface area contributed by atoms with Crippen molar-refractivity contribution in [3.8, 4) is 0 Å². The quantitative estimate of drug-likeness (QED) is 0.340. The Balaban J connectivity index is 1.38. The molecule has 0 bridgehead atoms. The second-order valence-electron chi connectivity index (χ2n) is 7.61. The van der Waals surface area contributed by atoms with Crippen LogP contribution in [0.2, 0.25) is 0 Å². The average Bonchev–Trinajstić information content (AvgIpc) is 3.19. The number of amides is 2. The fourth-order valence-corrected chi connectivity index (χ4v) is 3.92. The lowest BCUT2D eigenvalue weighted by molar-refractivity contribution is -0.114. The summed E-state index contributed by atoms with van der Waals surface area (Å²) in [5.74, 6) is 0.668. The van der Waals surface area contributed by atoms with Crippen LogP contribution in [-0.2, 0) is 24.2 Å². The van der Waals surface area contributed by atoms with Crippen LogP contribution in [0.1, 0.15) is 34.2 Å². The Labute approximate surface area is 194 Å². The molecule has 0 aliphatic rings. The summed E-state index contributed by atoms with van der Waals surface area (Å²) in [6.07, 6.45) is 1.57. The summed E-state index contributed by atoms with van der Waals surface area (Å²) in [5, 5.41) is 5.72. The van der Waals surface area contributed by atoms with E-state index < -0.39 is 0 Å². The van der Waals surface area contributed by atoms with Gasteiger partial charge in [0.25, 0.3) is 5.91 Å². The number of carbonyl (C=O) groups is 2. The molecule has 0 fully saturated rings. The van der Waals surface area contributed by atoms with Gasteiger partial charge in [-0.05, 0) is 60.0 Å². The van der Waals surface area contributed by atoms with E-state index in [9.17, 15) is 9.59 Å². The lowest BCUT2D eigenvalue weighted by Gasteiger charge is -2.06. The Morgan fingerprint density at radius 1 is 0.969 bits per heavy atom. The first-order valence-electron chi connectivity index (χ1n) is 10.3. The second-order valence-corrected chi connectivity index (χ2v) is 8.52. The van der Waals surface area contributed by atoms with Gasteiger partial charge in [0.05, 0.1) is 11.0 Å². The predicted molar refractivity (Wildman–Crippen MR) is 130 cm³/mol. The lowest BCUT2D eigenvalue weighted by Crippen LogP contribution is -2.22. The third kappa shape index (κ3) is 5.62. The van der Waals surface area contributed by atoms with Crippen molar-refractivity contribution in [2.24, 2.45) is 0 Å². The van der Waals surface area contributed by atoms with Gasteiger partial charge in [-0.1, -0.05) is 40.2 Å². The number of rotatable bonds is 7. The van der Waals surface area contributed by atoms with Crippen molar-refractivity contribution in [3.05, 3.63) is 93.7 Å². The van der Waals surface area contributed by atoms with E-state index in [1.54, 1.807) is 6.07 Å². The van der Waals surface area contributed by atoms with Crippen molar-refractivity contribution in [2.45, 2.75) is 26.3 Å². The lowest BCUT2D eigenvalue weighted by atomic mass is 10.1. The van der Waals surface area contributed by atoms with Crippen LogP contribution < -0.4 is 10.6 Å². The number of aryl methyl sites for hydroxylation is 2. The van der Waals surface area contributed by atoms with E-state index in [-0.39, 0.29) is 11.8 Å². The van der Waals surface area contributed by atoms with Gasteiger partial charge in [-0.3, -0.25) is 9.59 Å². The first-order valence-corrected chi connectivity index (χ1v) is 11.1. The van der Waals surface area contributed by atoms with E-state index in [0.29, 0.717) is 12.1 Å². The number of halogens is 1. The minimum atomic E-state index is -0.123. The SMILES string of the molecule is CC(=O)Nc1ccc(CCc2nc3ccc(C(=O)NCc4cccc(Br)c4)cc3[nH]2)cc1. The van der Waals surface area contributed by atoms with Gasteiger partial charge in [-0.2, -0.15) is 0 Å². The number of imidazole rings is 1. The Kier molecular flexibility index (Phi) is 6.66. The van der Waals surface area contributed by atoms with E-state index in [4.69, 9.17) is 0 Å². The Morgan fingerprint density at radius 2 is 1.78 bits per heavy atom. The highest BCUT2D eigenvalue weighted by Gasteiger charge is 2.10. The second kappa shape index (κ2) is 9.78. The number of anilines is 1. The standard InChI is InChI=1S/C25H23BrN4O2/c1-16(31)28-21-9-5-17(6-10-21)7-12-24-29-22-11-8-19(14-23(22)30-24)25(32)27-15-18-3-2-4-20(26)13-18/h2-6,8-11,13-14H,7,12,15H2,1H3,(H,27,32)(H,28,31)(H,29,30). The zero-order chi connectivity index (χ0) is 22.5. The molecule has 4 aromatic rings. The predicted octanol–water partition coefficient (Wildman–Crippen LogP) is 5.00. The molecule has 0 atom stereocenters. The van der Waals surface area contributed by atoms with Crippen molar-refractivity contribution < 1.29 is 9.59 Å². The average molecular weight is 491 g/mol. The molecule has 0 aliphatic carbocycles. The van der Waals surface area contributed by atoms with Crippen LogP contribution in [0.4, 0.5) is 5.69 Å². The smallest absolute Gasteiger partial charge is 0.251 e. The summed E-state index contributed by atoms with van der Waals surface area (Å²) >= 11 is 3.44. The molecule has 7 heteroatoms. The summed E-state index contributed by atoms with van der Waals surface area (Å²) in [6, 6.07) is 21.2. The van der Waals surface area contributed by atoms with Crippen molar-refractivity contribution in [2.75, 3.05) is 5.32 Å². The normalized spacial score (nSPS) is 10.8. The largest absolute Gasteiger partial charge is 0.348 e. The molecule has 0 spiro atoms. The van der Waals surface area contributed by atoms with Crippen molar-refractivity contribution in [3.63, 3.8) is 0 Å². The highest BCUT2D eigenvalue weighted by molar-refractivity contribution is 9.10. The van der Waals surface area contributed by atoms with Crippen LogP contribution in [0.25, 0.3) is 11.0 Å². The number of carbonyl (C=O) groups excluding carboxylic acids is 2. The molecule has 32 heavy (non-hydrogen) atoms. The van der Waals surface area contributed by atoms with Crippen molar-refractivity contribution in [1.82, 2.24) is 15.3 Å². The third-order valence-corrected chi connectivity index (χ3v) is 5.55. The van der Waals surface area contributed by atoms with Crippen LogP contribution in [0.15, 0.2) is 71.2 Å². The topological polar surface area (TPSA) is 86.9 Å². The third-order valence-electron chi connectivity index (χ3n) is 5.06. The number of H-pyrrole nitrogens is 1. The highest BCUT2D eigenvalue weighted by atomic mass is 79.9. The van der Waals surface area contributed by atoms with Crippen molar-refractivity contribution in [1.29, 1.82) is 0 Å². The zero-order valence-corrected chi connectivity index (χ0v) is 19.2. The monoisotopic (exact) mass is 490 g/mol. The number of aromatic amines is 1. The molecule has 0 unspecified atom stereocenters. The summed E-state index contributed by atoms with van der Waals surface area (Å²) < 4.78 is 0.985. The molecular weight excluding hydrogens is 468 g/mol. The Hall–Kier alpha value is -3.45. The number of aromatic nitrogens is 2. The van der Waals surface area contributed by atoms with Gasteiger partial charge in [0.2, 0.25) is 5.91 Å². The maximum atomic E-state index is 12.6. The zero-order valence-electron chi connectivity index (χ0n) is 17.6. The molecule has 4 rings (SSSR count). The molecule has 162 valence electrons. The summed E-state index contributed by atoms with van der Waals surface area (Å²) in [4.78, 5) is 31.7. The van der Waals surface area contributed by atoms with Gasteiger partial charge in [-0.25, -0.2) is 4.98 Å². The molecule has 0 radical (unpaired) electrons. The fraction of sp³-hybridized carbons (Fsp3) is 0.160. The summed E-state index contributed by atoms with van der Waals surface area (Å²) in [6.45, 7) is 1.96. The van der Waals surface area contributed by atoms with Crippen LogP contribution in [0, 0.1) is 0 Å². The minimum Gasteiger partial charge on any atom is -0.348 e. The molecule has 6 nitrogen and oxygen atoms in total. The maximum Gasteiger partial charge on any atom is 0.251 e. The highest BCUT2D eigenvalue weighted by Crippen LogP contribution is 2.17. The molecule has 0 saturated heterocycles. The van der Waals surface area contributed by atoms with Gasteiger partial charge < -0.3 is 15.6 Å². The number of benzene rings is 3. The van der Waals surface area contributed by atoms with E-state index in [1.807, 2.05) is 60.7 Å². The minimum absolute atomic E-state index is 0.0822. The maximum absolute atomic E-state index is 12.6. The molecule has 3 N–H and O–H groups in total. The molecule has 2 amide bonds. The van der Waals surface area contributed by atoms with Crippen LogP contribution in [-0.4, -0.2) is 21.8 Å². The fourth-order valence-electron chi connectivity index (χ4n) is 3.47. The number of nitrogens with zero attached hydrogens (tertiary/aromatic N) is 1. The van der Waals surface area contributed by atoms with Gasteiger partial charge in [0, 0.05) is 35.6 Å². The molecule has 1 heterocycles. The van der Waals surface area contributed by atoms with E-state index in [0.717, 1.165) is 51.0 Å². The van der Waals surface area contributed by atoms with E-state index in [2.05, 4.69) is 36.5 Å². The summed E-state index contributed by atoms with van der Waals surface area (Å²) in [5.41, 5.74) is 5.25.